The van der Waals surface area contributed by atoms with Gasteiger partial charge in [-0.25, -0.2) is 8.42 Å². The molecule has 13 heavy (non-hydrogen) atoms. The number of benzene rings is 1. The van der Waals surface area contributed by atoms with E-state index < -0.39 is 10.0 Å². The smallest absolute Gasteiger partial charge is 0.547 e. The third-order valence-electron chi connectivity index (χ3n) is 1.56. The van der Waals surface area contributed by atoms with Crippen LogP contribution in [0.2, 0.25) is 0 Å². The second-order valence-corrected chi connectivity index (χ2v) is 4.26. The molecule has 0 fully saturated rings. The maximum absolute atomic E-state index is 11.1. The van der Waals surface area contributed by atoms with E-state index in [1.807, 2.05) is 6.92 Å². The summed E-state index contributed by atoms with van der Waals surface area (Å²) in [5.41, 5.74) is 1.03. The molecule has 0 radical (unpaired) electrons. The summed E-state index contributed by atoms with van der Waals surface area (Å²) >= 11 is 0. The number of hydrogen-bond acceptors (Lipinski definition) is 2. The van der Waals surface area contributed by atoms with E-state index in [2.05, 4.69) is 4.72 Å². The summed E-state index contributed by atoms with van der Waals surface area (Å²) in [6.45, 7) is 1.90. The van der Waals surface area contributed by atoms with Crippen molar-refractivity contribution in [3.05, 3.63) is 34.6 Å². The van der Waals surface area contributed by atoms with Crippen molar-refractivity contribution in [3.63, 3.8) is 0 Å². The largest absolute Gasteiger partial charge is 1.00 e. The minimum atomic E-state index is -3.39. The number of rotatable bonds is 2. The average molecular weight is 223 g/mol. The van der Waals surface area contributed by atoms with Crippen LogP contribution < -0.4 is 51.4 Å². The van der Waals surface area contributed by atoms with Crippen molar-refractivity contribution >= 4 is 10.0 Å². The van der Waals surface area contributed by atoms with E-state index in [4.69, 9.17) is 0 Å². The molecule has 0 saturated carbocycles. The van der Waals surface area contributed by atoms with Crippen LogP contribution in [-0.4, -0.2) is 15.5 Å². The fraction of sp³-hybridized carbons (Fsp3) is 0.250. The third-order valence-corrected chi connectivity index (χ3v) is 2.91. The van der Waals surface area contributed by atoms with Gasteiger partial charge < -0.3 is 4.72 Å². The van der Waals surface area contributed by atoms with Crippen molar-refractivity contribution in [1.29, 1.82) is 0 Å². The molecule has 0 saturated heterocycles. The maximum Gasteiger partial charge on any atom is 1.00 e. The van der Waals surface area contributed by atoms with E-state index >= 15 is 0 Å². The van der Waals surface area contributed by atoms with Crippen LogP contribution in [0.25, 0.3) is 4.72 Å². The van der Waals surface area contributed by atoms with Gasteiger partial charge in [0.05, 0.1) is 0 Å². The van der Waals surface area contributed by atoms with Gasteiger partial charge >= 0.3 is 51.4 Å². The van der Waals surface area contributed by atoms with Gasteiger partial charge in [-0.1, -0.05) is 17.7 Å². The molecule has 0 atom stereocenters. The first-order valence-electron chi connectivity index (χ1n) is 3.49. The molecule has 0 aromatic heterocycles. The SMILES string of the molecule is C[N-]S(=O)(=O)c1ccc(C)cc1.[K+]. The normalized spacial score (nSPS) is 10.6. The van der Waals surface area contributed by atoms with Crippen molar-refractivity contribution in [3.8, 4) is 0 Å². The molecule has 0 aliphatic rings. The van der Waals surface area contributed by atoms with Gasteiger partial charge in [0.15, 0.2) is 0 Å². The zero-order valence-electron chi connectivity index (χ0n) is 7.98. The van der Waals surface area contributed by atoms with Crippen LogP contribution >= 0.6 is 0 Å². The summed E-state index contributed by atoms with van der Waals surface area (Å²) in [5, 5.41) is 0. The van der Waals surface area contributed by atoms with E-state index in [1.54, 1.807) is 24.3 Å². The second kappa shape index (κ2) is 5.60. The van der Waals surface area contributed by atoms with Crippen molar-refractivity contribution < 1.29 is 59.8 Å². The molecule has 3 nitrogen and oxygen atoms in total. The summed E-state index contributed by atoms with van der Waals surface area (Å²) < 4.78 is 25.6. The molecule has 0 spiro atoms. The number of hydrogen-bond donors (Lipinski definition) is 0. The Kier molecular flexibility index (Phi) is 5.93. The van der Waals surface area contributed by atoms with Crippen LogP contribution in [0.15, 0.2) is 29.2 Å². The van der Waals surface area contributed by atoms with E-state index in [-0.39, 0.29) is 56.3 Å². The van der Waals surface area contributed by atoms with Crippen LogP contribution in [0.4, 0.5) is 0 Å². The Morgan fingerprint density at radius 3 is 2.00 bits per heavy atom. The van der Waals surface area contributed by atoms with Gasteiger partial charge in [0, 0.05) is 4.90 Å². The zero-order valence-corrected chi connectivity index (χ0v) is 11.9. The summed E-state index contributed by atoms with van der Waals surface area (Å²) in [6, 6.07) is 6.60. The van der Waals surface area contributed by atoms with Crippen molar-refractivity contribution in [2.75, 3.05) is 7.05 Å². The molecule has 1 rings (SSSR count). The van der Waals surface area contributed by atoms with Gasteiger partial charge in [-0.2, -0.15) is 7.05 Å². The Labute approximate surface area is 121 Å². The van der Waals surface area contributed by atoms with Gasteiger partial charge in [-0.3, -0.25) is 0 Å². The Hall–Kier alpha value is 0.766. The van der Waals surface area contributed by atoms with Gasteiger partial charge in [0.25, 0.3) is 0 Å². The number of nitrogens with zero attached hydrogens (tertiary/aromatic N) is 1. The molecule has 0 aliphatic heterocycles. The monoisotopic (exact) mass is 223 g/mol. The molecule has 0 amide bonds. The minimum Gasteiger partial charge on any atom is -0.547 e. The van der Waals surface area contributed by atoms with Crippen molar-refractivity contribution in [1.82, 2.24) is 0 Å². The van der Waals surface area contributed by atoms with E-state index in [0.29, 0.717) is 0 Å². The van der Waals surface area contributed by atoms with E-state index in [0.717, 1.165) is 5.56 Å². The molecule has 0 unspecified atom stereocenters. The van der Waals surface area contributed by atoms with E-state index in [9.17, 15) is 8.42 Å². The molecule has 66 valence electrons. The standard InChI is InChI=1S/C8H10NO2S.K/c1-7-3-5-8(6-4-7)12(10,11)9-2;/h3-6H,1-2H3;/q-1;+1. The average Bonchev–Trinajstić information content (AvgIpc) is 2.05. The Bertz CT molecular complexity index is 358. The van der Waals surface area contributed by atoms with Gasteiger partial charge in [0.1, 0.15) is 10.0 Å². The first-order valence-corrected chi connectivity index (χ1v) is 4.93. The minimum absolute atomic E-state index is 0. The molecular formula is C8H10KNO2S. The molecule has 0 bridgehead atoms. The molecule has 0 heterocycles. The van der Waals surface area contributed by atoms with Gasteiger partial charge in [-0.15, -0.1) is 0 Å². The fourth-order valence-electron chi connectivity index (χ4n) is 0.816. The fourth-order valence-corrected chi connectivity index (χ4v) is 1.51. The van der Waals surface area contributed by atoms with Crippen LogP contribution in [0.5, 0.6) is 0 Å². The van der Waals surface area contributed by atoms with Gasteiger partial charge in [0.2, 0.25) is 0 Å². The molecule has 5 heteroatoms. The van der Waals surface area contributed by atoms with E-state index in [1.165, 1.54) is 7.05 Å². The van der Waals surface area contributed by atoms with Crippen LogP contribution in [0.1, 0.15) is 5.56 Å². The Balaban J connectivity index is 0.00000144. The van der Waals surface area contributed by atoms with Gasteiger partial charge in [-0.05, 0) is 19.1 Å². The Morgan fingerprint density at radius 1 is 1.15 bits per heavy atom. The number of aryl methyl sites for hydroxylation is 1. The molecular weight excluding hydrogens is 213 g/mol. The quantitative estimate of drug-likeness (QED) is 0.585. The maximum atomic E-state index is 11.1. The molecule has 1 aromatic carbocycles. The zero-order chi connectivity index (χ0) is 9.19. The van der Waals surface area contributed by atoms with Crippen LogP contribution in [0, 0.1) is 6.92 Å². The molecule has 1 aromatic rings. The summed E-state index contributed by atoms with van der Waals surface area (Å²) in [7, 11) is -2.12. The first-order chi connectivity index (χ1) is 5.56. The topological polar surface area (TPSA) is 48.2 Å². The van der Waals surface area contributed by atoms with Crippen LogP contribution in [-0.2, 0) is 10.0 Å². The summed E-state index contributed by atoms with van der Waals surface area (Å²) in [5.74, 6) is 0. The summed E-state index contributed by atoms with van der Waals surface area (Å²) in [6.07, 6.45) is 0. The summed E-state index contributed by atoms with van der Waals surface area (Å²) in [4.78, 5) is 0.246. The predicted molar refractivity (Wildman–Crippen MR) is 47.6 cm³/mol. The molecule has 0 aliphatic carbocycles. The molecule has 0 N–H and O–H groups in total. The second-order valence-electron chi connectivity index (χ2n) is 2.47. The number of sulfonamides is 1. The van der Waals surface area contributed by atoms with Crippen molar-refractivity contribution in [2.24, 2.45) is 0 Å². The predicted octanol–water partition coefficient (Wildman–Crippen LogP) is -1.31. The van der Waals surface area contributed by atoms with Crippen molar-refractivity contribution in [2.45, 2.75) is 11.8 Å². The first kappa shape index (κ1) is 13.8. The third kappa shape index (κ3) is 3.79. The Morgan fingerprint density at radius 2 is 1.62 bits per heavy atom. The van der Waals surface area contributed by atoms with Crippen LogP contribution in [0.3, 0.4) is 0 Å².